The van der Waals surface area contributed by atoms with E-state index in [1.54, 1.807) is 14.0 Å². The van der Waals surface area contributed by atoms with Crippen LogP contribution in [0.25, 0.3) is 0 Å². The Morgan fingerprint density at radius 2 is 1.89 bits per heavy atom. The highest BCUT2D eigenvalue weighted by Crippen LogP contribution is 2.21. The number of likely N-dealkylation sites (N-methyl/N-ethyl adjacent to an activating group) is 2. The first kappa shape index (κ1) is 25.7. The quantitative estimate of drug-likeness (QED) is 0.328. The van der Waals surface area contributed by atoms with Gasteiger partial charge in [0.1, 0.15) is 0 Å². The Morgan fingerprint density at radius 3 is 2.50 bits per heavy atom. The van der Waals surface area contributed by atoms with E-state index >= 15 is 0 Å². The summed E-state index contributed by atoms with van der Waals surface area (Å²) in [5.41, 5.74) is 0. The van der Waals surface area contributed by atoms with Gasteiger partial charge in [-0.15, -0.1) is 24.0 Å². The Morgan fingerprint density at radius 1 is 1.18 bits per heavy atom. The van der Waals surface area contributed by atoms with E-state index in [1.165, 1.54) is 4.90 Å². The molecular formula is C18H36F3IN6. The van der Waals surface area contributed by atoms with Gasteiger partial charge in [0.15, 0.2) is 5.96 Å². The molecule has 6 nitrogen and oxygen atoms in total. The van der Waals surface area contributed by atoms with Crippen LogP contribution in [0.2, 0.25) is 0 Å². The molecule has 2 saturated heterocycles. The van der Waals surface area contributed by atoms with Crippen LogP contribution in [0.4, 0.5) is 13.2 Å². The van der Waals surface area contributed by atoms with Gasteiger partial charge >= 0.3 is 6.18 Å². The lowest BCUT2D eigenvalue weighted by Gasteiger charge is -2.38. The molecule has 1 N–H and O–H groups in total. The van der Waals surface area contributed by atoms with Crippen molar-refractivity contribution in [3.8, 4) is 0 Å². The topological polar surface area (TPSA) is 37.4 Å². The average molecular weight is 520 g/mol. The van der Waals surface area contributed by atoms with Crippen LogP contribution < -0.4 is 5.32 Å². The number of aliphatic imine (C=N–C) groups is 1. The summed E-state index contributed by atoms with van der Waals surface area (Å²) in [5, 5.41) is 3.47. The van der Waals surface area contributed by atoms with Gasteiger partial charge in [-0.2, -0.15) is 13.2 Å². The third-order valence-corrected chi connectivity index (χ3v) is 5.64. The molecule has 2 aliphatic rings. The van der Waals surface area contributed by atoms with Crippen LogP contribution in [0.5, 0.6) is 0 Å². The smallest absolute Gasteiger partial charge is 0.355 e. The zero-order valence-corrected chi connectivity index (χ0v) is 19.8. The molecular weight excluding hydrogens is 484 g/mol. The minimum atomic E-state index is -4.13. The van der Waals surface area contributed by atoms with Crippen LogP contribution in [0.15, 0.2) is 4.99 Å². The number of halogens is 4. The number of nitrogens with one attached hydrogen (secondary N) is 1. The number of guanidine groups is 1. The fraction of sp³-hybridized carbons (Fsp3) is 0.944. The van der Waals surface area contributed by atoms with Gasteiger partial charge in [-0.1, -0.05) is 6.92 Å². The van der Waals surface area contributed by atoms with Crippen LogP contribution in [-0.2, 0) is 0 Å². The molecule has 0 amide bonds. The first-order valence-corrected chi connectivity index (χ1v) is 9.85. The van der Waals surface area contributed by atoms with Crippen molar-refractivity contribution in [2.45, 2.75) is 25.6 Å². The Balaban J connectivity index is 0.00000392. The maximum absolute atomic E-state index is 12.7. The van der Waals surface area contributed by atoms with Crippen LogP contribution in [0.1, 0.15) is 13.3 Å². The zero-order valence-electron chi connectivity index (χ0n) is 17.5. The maximum Gasteiger partial charge on any atom is 0.401 e. The van der Waals surface area contributed by atoms with E-state index in [4.69, 9.17) is 0 Å². The Hall–Kier alpha value is -0.330. The average Bonchev–Trinajstić information content (AvgIpc) is 3.05. The van der Waals surface area contributed by atoms with Gasteiger partial charge in [-0.25, -0.2) is 0 Å². The predicted octanol–water partition coefficient (Wildman–Crippen LogP) is 1.63. The summed E-state index contributed by atoms with van der Waals surface area (Å²) in [4.78, 5) is 12.8. The number of hydrogen-bond acceptors (Lipinski definition) is 4. The van der Waals surface area contributed by atoms with Crippen molar-refractivity contribution in [2.75, 3.05) is 80.0 Å². The lowest BCUT2D eigenvalue weighted by Crippen LogP contribution is -2.55. The third kappa shape index (κ3) is 8.19. The largest absolute Gasteiger partial charge is 0.401 e. The Bertz CT molecular complexity index is 490. The molecule has 0 radical (unpaired) electrons. The summed E-state index contributed by atoms with van der Waals surface area (Å²) in [6, 6.07) is 0.432. The summed E-state index contributed by atoms with van der Waals surface area (Å²) in [7, 11) is 6.06. The molecule has 0 aromatic rings. The molecule has 0 aromatic carbocycles. The Kier molecular flexibility index (Phi) is 10.8. The van der Waals surface area contributed by atoms with Gasteiger partial charge in [-0.05, 0) is 33.0 Å². The number of nitrogens with zero attached hydrogens (tertiary/aromatic N) is 5. The minimum Gasteiger partial charge on any atom is -0.355 e. The molecule has 2 aliphatic heterocycles. The van der Waals surface area contributed by atoms with Gasteiger partial charge in [0, 0.05) is 58.9 Å². The van der Waals surface area contributed by atoms with E-state index in [0.717, 1.165) is 51.6 Å². The summed E-state index contributed by atoms with van der Waals surface area (Å²) in [6.45, 7) is 7.45. The minimum absolute atomic E-state index is 0. The van der Waals surface area contributed by atoms with E-state index in [2.05, 4.69) is 39.1 Å². The second kappa shape index (κ2) is 11.8. The molecule has 166 valence electrons. The molecule has 2 heterocycles. The van der Waals surface area contributed by atoms with Crippen LogP contribution in [-0.4, -0.2) is 118 Å². The van der Waals surface area contributed by atoms with Crippen molar-refractivity contribution in [3.05, 3.63) is 0 Å². The molecule has 2 unspecified atom stereocenters. The number of alkyl halides is 3. The molecule has 2 rings (SSSR count). The molecule has 0 aromatic heterocycles. The van der Waals surface area contributed by atoms with Crippen molar-refractivity contribution in [2.24, 2.45) is 10.9 Å². The van der Waals surface area contributed by atoms with Crippen molar-refractivity contribution < 1.29 is 13.2 Å². The Labute approximate surface area is 184 Å². The molecule has 0 bridgehead atoms. The SMILES string of the molecule is CCN(CC1CCN(C(=NC)NCC2CN(C)CCN2C)C1)CC(F)(F)F.I. The predicted molar refractivity (Wildman–Crippen MR) is 119 cm³/mol. The fourth-order valence-corrected chi connectivity index (χ4v) is 3.96. The normalized spacial score (nSPS) is 25.3. The van der Waals surface area contributed by atoms with E-state index in [-0.39, 0.29) is 29.9 Å². The van der Waals surface area contributed by atoms with Crippen molar-refractivity contribution in [3.63, 3.8) is 0 Å². The fourth-order valence-electron chi connectivity index (χ4n) is 3.96. The molecule has 0 saturated carbocycles. The lowest BCUT2D eigenvalue weighted by atomic mass is 10.1. The van der Waals surface area contributed by atoms with E-state index < -0.39 is 12.7 Å². The highest BCUT2D eigenvalue weighted by molar-refractivity contribution is 14.0. The standard InChI is InChI=1S/C18H35F3N6.HI/c1-5-26(14-18(19,20)21)11-15-6-7-27(12-15)17(22-2)23-10-16-13-24(3)8-9-25(16)4;/h15-16H,5-14H2,1-4H3,(H,22,23);1H. The molecule has 0 spiro atoms. The summed E-state index contributed by atoms with van der Waals surface area (Å²) in [5.74, 6) is 1.10. The first-order chi connectivity index (χ1) is 12.7. The van der Waals surface area contributed by atoms with Gasteiger partial charge < -0.3 is 15.1 Å². The third-order valence-electron chi connectivity index (χ3n) is 5.64. The molecule has 0 aliphatic carbocycles. The van der Waals surface area contributed by atoms with Crippen molar-refractivity contribution in [1.29, 1.82) is 0 Å². The van der Waals surface area contributed by atoms with Crippen LogP contribution in [0.3, 0.4) is 0 Å². The number of rotatable bonds is 6. The molecule has 2 fully saturated rings. The molecule has 28 heavy (non-hydrogen) atoms. The van der Waals surface area contributed by atoms with Gasteiger partial charge in [0.25, 0.3) is 0 Å². The molecule has 2 atom stereocenters. The van der Waals surface area contributed by atoms with Crippen LogP contribution >= 0.6 is 24.0 Å². The second-order valence-electron chi connectivity index (χ2n) is 7.87. The molecule has 10 heteroatoms. The lowest BCUT2D eigenvalue weighted by molar-refractivity contribution is -0.146. The first-order valence-electron chi connectivity index (χ1n) is 9.85. The van der Waals surface area contributed by atoms with Crippen molar-refractivity contribution in [1.82, 2.24) is 24.9 Å². The number of piperazine rings is 1. The summed E-state index contributed by atoms with van der Waals surface area (Å²) >= 11 is 0. The van der Waals surface area contributed by atoms with Crippen molar-refractivity contribution >= 4 is 29.9 Å². The van der Waals surface area contributed by atoms with E-state index in [9.17, 15) is 13.2 Å². The highest BCUT2D eigenvalue weighted by Gasteiger charge is 2.33. The maximum atomic E-state index is 12.7. The summed E-state index contributed by atoms with van der Waals surface area (Å²) < 4.78 is 38.0. The zero-order chi connectivity index (χ0) is 20.0. The summed E-state index contributed by atoms with van der Waals surface area (Å²) in [6.07, 6.45) is -3.23. The highest BCUT2D eigenvalue weighted by atomic mass is 127. The van der Waals surface area contributed by atoms with Gasteiger partial charge in [-0.3, -0.25) is 14.8 Å². The second-order valence-corrected chi connectivity index (χ2v) is 7.87. The van der Waals surface area contributed by atoms with E-state index in [1.807, 2.05) is 0 Å². The number of likely N-dealkylation sites (tertiary alicyclic amines) is 1. The van der Waals surface area contributed by atoms with Gasteiger partial charge in [0.05, 0.1) is 6.54 Å². The van der Waals surface area contributed by atoms with Gasteiger partial charge in [0.2, 0.25) is 0 Å². The monoisotopic (exact) mass is 520 g/mol. The number of hydrogen-bond donors (Lipinski definition) is 1. The van der Waals surface area contributed by atoms with Crippen LogP contribution in [0, 0.1) is 5.92 Å². The van der Waals surface area contributed by atoms with E-state index in [0.29, 0.717) is 19.1 Å².